The Morgan fingerprint density at radius 3 is 2.70 bits per heavy atom. The average molecular weight is 425 g/mol. The molecule has 0 spiro atoms. The normalized spacial score (nSPS) is 15.0. The van der Waals surface area contributed by atoms with Gasteiger partial charge < -0.3 is 18.6 Å². The van der Waals surface area contributed by atoms with Crippen molar-refractivity contribution < 1.29 is 22.1 Å². The lowest BCUT2D eigenvalue weighted by atomic mass is 10.1. The molecule has 2 aromatic carbocycles. The summed E-state index contributed by atoms with van der Waals surface area (Å²) < 4.78 is 41.1. The monoisotopic (exact) mass is 425 g/mol. The van der Waals surface area contributed by atoms with E-state index in [0.717, 1.165) is 10.9 Å². The van der Waals surface area contributed by atoms with E-state index >= 15 is 0 Å². The van der Waals surface area contributed by atoms with E-state index in [1.165, 1.54) is 6.26 Å². The first-order valence-corrected chi connectivity index (χ1v) is 11.4. The SMILES string of the molecule is CS(=O)(=O)c1ccc(-c2nc(-c3cccc4ccoc34)no2)cc1N1CCOCC1. The van der Waals surface area contributed by atoms with Gasteiger partial charge in [-0.1, -0.05) is 17.3 Å². The summed E-state index contributed by atoms with van der Waals surface area (Å²) in [6, 6.07) is 12.7. The fraction of sp³-hybridized carbons (Fsp3) is 0.238. The van der Waals surface area contributed by atoms with Crippen molar-refractivity contribution >= 4 is 26.5 Å². The number of fused-ring (bicyclic) bond motifs is 1. The van der Waals surface area contributed by atoms with Crippen LogP contribution in [0.15, 0.2) is 62.6 Å². The molecular formula is C21H19N3O5S. The minimum absolute atomic E-state index is 0.272. The predicted molar refractivity (Wildman–Crippen MR) is 111 cm³/mol. The molecule has 1 aliphatic heterocycles. The number of benzene rings is 2. The molecule has 0 radical (unpaired) electrons. The smallest absolute Gasteiger partial charge is 0.258 e. The molecule has 2 aromatic heterocycles. The zero-order valence-electron chi connectivity index (χ0n) is 16.2. The Morgan fingerprint density at radius 1 is 1.07 bits per heavy atom. The predicted octanol–water partition coefficient (Wildman–Crippen LogP) is 3.39. The Morgan fingerprint density at radius 2 is 1.90 bits per heavy atom. The largest absolute Gasteiger partial charge is 0.464 e. The average Bonchev–Trinajstić information content (AvgIpc) is 3.43. The Kier molecular flexibility index (Phi) is 4.56. The maximum absolute atomic E-state index is 12.3. The van der Waals surface area contributed by atoms with E-state index in [1.54, 1.807) is 24.5 Å². The maximum atomic E-state index is 12.3. The van der Waals surface area contributed by atoms with Gasteiger partial charge in [0.15, 0.2) is 9.84 Å². The fourth-order valence-electron chi connectivity index (χ4n) is 3.63. The van der Waals surface area contributed by atoms with Crippen LogP contribution < -0.4 is 4.90 Å². The Balaban J connectivity index is 1.57. The molecule has 154 valence electrons. The lowest BCUT2D eigenvalue weighted by Crippen LogP contribution is -2.37. The van der Waals surface area contributed by atoms with Gasteiger partial charge in [0, 0.05) is 30.3 Å². The van der Waals surface area contributed by atoms with Gasteiger partial charge in [-0.25, -0.2) is 8.42 Å². The number of rotatable bonds is 4. The lowest BCUT2D eigenvalue weighted by molar-refractivity contribution is 0.122. The van der Waals surface area contributed by atoms with E-state index < -0.39 is 9.84 Å². The molecule has 0 amide bonds. The third-order valence-corrected chi connectivity index (χ3v) is 6.25. The molecule has 3 heterocycles. The quantitative estimate of drug-likeness (QED) is 0.491. The summed E-state index contributed by atoms with van der Waals surface area (Å²) in [6.45, 7) is 2.32. The Labute approximate surface area is 173 Å². The highest BCUT2D eigenvalue weighted by Crippen LogP contribution is 2.33. The van der Waals surface area contributed by atoms with Crippen molar-refractivity contribution in [3.05, 3.63) is 48.7 Å². The molecule has 30 heavy (non-hydrogen) atoms. The van der Waals surface area contributed by atoms with Crippen LogP contribution in [0.3, 0.4) is 0 Å². The maximum Gasteiger partial charge on any atom is 0.258 e. The summed E-state index contributed by atoms with van der Waals surface area (Å²) in [7, 11) is -3.40. The number of hydrogen-bond acceptors (Lipinski definition) is 8. The zero-order valence-corrected chi connectivity index (χ0v) is 17.1. The highest BCUT2D eigenvalue weighted by Gasteiger charge is 2.23. The van der Waals surface area contributed by atoms with Gasteiger partial charge in [-0.15, -0.1) is 0 Å². The topological polar surface area (TPSA) is 98.7 Å². The van der Waals surface area contributed by atoms with E-state index in [1.807, 2.05) is 29.2 Å². The molecular weight excluding hydrogens is 406 g/mol. The van der Waals surface area contributed by atoms with Crippen LogP contribution in [0.4, 0.5) is 5.69 Å². The third kappa shape index (κ3) is 3.35. The number of hydrogen-bond donors (Lipinski definition) is 0. The molecule has 0 bridgehead atoms. The van der Waals surface area contributed by atoms with Gasteiger partial charge in [0.2, 0.25) is 5.82 Å². The van der Waals surface area contributed by atoms with Crippen LogP contribution in [-0.2, 0) is 14.6 Å². The molecule has 0 atom stereocenters. The van der Waals surface area contributed by atoms with Gasteiger partial charge in [-0.05, 0) is 30.3 Å². The summed E-state index contributed by atoms with van der Waals surface area (Å²) in [6.07, 6.45) is 2.83. The number of nitrogens with zero attached hydrogens (tertiary/aromatic N) is 3. The molecule has 5 rings (SSSR count). The van der Waals surface area contributed by atoms with Gasteiger partial charge in [-0.3, -0.25) is 0 Å². The van der Waals surface area contributed by atoms with E-state index in [-0.39, 0.29) is 4.90 Å². The van der Waals surface area contributed by atoms with Crippen LogP contribution in [0, 0.1) is 0 Å². The summed E-state index contributed by atoms with van der Waals surface area (Å²) >= 11 is 0. The highest BCUT2D eigenvalue weighted by atomic mass is 32.2. The summed E-state index contributed by atoms with van der Waals surface area (Å²) in [5.41, 5.74) is 2.68. The molecule has 0 saturated carbocycles. The molecule has 1 aliphatic rings. The van der Waals surface area contributed by atoms with Crippen molar-refractivity contribution in [2.75, 3.05) is 37.5 Å². The Hall–Kier alpha value is -3.17. The van der Waals surface area contributed by atoms with Crippen molar-refractivity contribution in [1.29, 1.82) is 0 Å². The molecule has 0 unspecified atom stereocenters. The van der Waals surface area contributed by atoms with Crippen LogP contribution >= 0.6 is 0 Å². The first-order valence-electron chi connectivity index (χ1n) is 9.48. The molecule has 0 aliphatic carbocycles. The van der Waals surface area contributed by atoms with Gasteiger partial charge in [0.05, 0.1) is 35.6 Å². The van der Waals surface area contributed by atoms with Crippen LogP contribution in [0.2, 0.25) is 0 Å². The fourth-order valence-corrected chi connectivity index (χ4v) is 4.52. The van der Waals surface area contributed by atoms with Crippen molar-refractivity contribution in [1.82, 2.24) is 10.1 Å². The van der Waals surface area contributed by atoms with Gasteiger partial charge in [0.1, 0.15) is 5.58 Å². The molecule has 1 fully saturated rings. The number of furan rings is 1. The molecule has 1 saturated heterocycles. The van der Waals surface area contributed by atoms with Crippen LogP contribution in [-0.4, -0.2) is 51.1 Å². The van der Waals surface area contributed by atoms with Crippen molar-refractivity contribution in [3.8, 4) is 22.8 Å². The van der Waals surface area contributed by atoms with E-state index in [4.69, 9.17) is 13.7 Å². The number of anilines is 1. The van der Waals surface area contributed by atoms with E-state index in [0.29, 0.717) is 54.9 Å². The van der Waals surface area contributed by atoms with Gasteiger partial charge >= 0.3 is 0 Å². The Bertz CT molecular complexity index is 1320. The van der Waals surface area contributed by atoms with E-state index in [2.05, 4.69) is 10.1 Å². The third-order valence-electron chi connectivity index (χ3n) is 5.10. The minimum atomic E-state index is -3.40. The zero-order chi connectivity index (χ0) is 20.7. The van der Waals surface area contributed by atoms with E-state index in [9.17, 15) is 8.42 Å². The number of para-hydroxylation sites is 1. The van der Waals surface area contributed by atoms with Crippen LogP contribution in [0.1, 0.15) is 0 Å². The minimum Gasteiger partial charge on any atom is -0.464 e. The molecule has 9 heteroatoms. The second kappa shape index (κ2) is 7.26. The van der Waals surface area contributed by atoms with Crippen molar-refractivity contribution in [2.24, 2.45) is 0 Å². The van der Waals surface area contributed by atoms with Crippen LogP contribution in [0.5, 0.6) is 0 Å². The number of sulfone groups is 1. The highest BCUT2D eigenvalue weighted by molar-refractivity contribution is 7.90. The first kappa shape index (κ1) is 18.8. The summed E-state index contributed by atoms with van der Waals surface area (Å²) in [5, 5.41) is 5.06. The number of ether oxygens (including phenoxy) is 1. The summed E-state index contributed by atoms with van der Waals surface area (Å²) in [5.74, 6) is 0.716. The van der Waals surface area contributed by atoms with Crippen molar-refractivity contribution in [3.63, 3.8) is 0 Å². The number of aromatic nitrogens is 2. The molecule has 8 nitrogen and oxygen atoms in total. The molecule has 0 N–H and O–H groups in total. The number of morpholine rings is 1. The lowest BCUT2D eigenvalue weighted by Gasteiger charge is -2.30. The van der Waals surface area contributed by atoms with Crippen LogP contribution in [0.25, 0.3) is 33.8 Å². The van der Waals surface area contributed by atoms with Gasteiger partial charge in [0.25, 0.3) is 5.89 Å². The standard InChI is InChI=1S/C21H19N3O5S/c1-30(25,26)18-6-5-15(13-17(18)24-8-11-27-12-9-24)21-22-20(23-29-21)16-4-2-3-14-7-10-28-19(14)16/h2-7,10,13H,8-9,11-12H2,1H3. The second-order valence-electron chi connectivity index (χ2n) is 7.12. The van der Waals surface area contributed by atoms with Gasteiger partial charge in [-0.2, -0.15) is 4.98 Å². The second-order valence-corrected chi connectivity index (χ2v) is 9.11. The first-order chi connectivity index (χ1) is 14.5. The van der Waals surface area contributed by atoms with Crippen molar-refractivity contribution in [2.45, 2.75) is 4.90 Å². The summed E-state index contributed by atoms with van der Waals surface area (Å²) in [4.78, 5) is 6.80. The molecule has 4 aromatic rings.